The summed E-state index contributed by atoms with van der Waals surface area (Å²) in [7, 11) is -3.01. The summed E-state index contributed by atoms with van der Waals surface area (Å²) in [6.45, 7) is 2.96. The Morgan fingerprint density at radius 2 is 2.11 bits per heavy atom. The highest BCUT2D eigenvalue weighted by molar-refractivity contribution is 7.88. The van der Waals surface area contributed by atoms with Crippen LogP contribution in [0, 0.1) is 0 Å². The van der Waals surface area contributed by atoms with Gasteiger partial charge in [0.1, 0.15) is 0 Å². The Kier molecular flexibility index (Phi) is 4.36. The summed E-state index contributed by atoms with van der Waals surface area (Å²) in [6.07, 6.45) is 6.75. The molecular weight excluding hydrogens is 252 g/mol. The van der Waals surface area contributed by atoms with Crippen molar-refractivity contribution in [1.29, 1.82) is 0 Å². The molecule has 1 N–H and O–H groups in total. The molecule has 102 valence electrons. The number of rotatable bonds is 5. The van der Waals surface area contributed by atoms with Crippen LogP contribution >= 0.6 is 0 Å². The van der Waals surface area contributed by atoms with Gasteiger partial charge in [-0.1, -0.05) is 0 Å². The van der Waals surface area contributed by atoms with E-state index < -0.39 is 10.0 Å². The van der Waals surface area contributed by atoms with Crippen molar-refractivity contribution >= 4 is 10.0 Å². The Hall–Kier alpha value is -0.920. The first-order valence-corrected chi connectivity index (χ1v) is 8.06. The van der Waals surface area contributed by atoms with Gasteiger partial charge in [-0.05, 0) is 18.9 Å². The summed E-state index contributed by atoms with van der Waals surface area (Å²) < 4.78 is 26.2. The van der Waals surface area contributed by atoms with Gasteiger partial charge >= 0.3 is 0 Å². The molecule has 0 bridgehead atoms. The molecule has 1 saturated heterocycles. The maximum Gasteiger partial charge on any atom is 0.211 e. The van der Waals surface area contributed by atoms with E-state index in [4.69, 9.17) is 0 Å². The molecule has 1 fully saturated rings. The number of piperidine rings is 1. The number of sulfonamides is 1. The average Bonchev–Trinajstić information content (AvgIpc) is 2.82. The molecule has 0 amide bonds. The Morgan fingerprint density at radius 3 is 2.67 bits per heavy atom. The number of nitrogens with one attached hydrogen (secondary N) is 1. The first kappa shape index (κ1) is 13.5. The second-order valence-electron chi connectivity index (χ2n) is 4.66. The molecule has 18 heavy (non-hydrogen) atoms. The van der Waals surface area contributed by atoms with Crippen LogP contribution in [0.3, 0.4) is 0 Å². The lowest BCUT2D eigenvalue weighted by molar-refractivity contribution is 0.288. The van der Waals surface area contributed by atoms with Gasteiger partial charge in [-0.3, -0.25) is 4.68 Å². The maximum absolute atomic E-state index is 11.4. The molecule has 0 atom stereocenters. The standard InChI is InChI=1S/C11H20N4O2S/c1-18(16,17)15-8-3-11(4-9-15)12-6-10-14-7-2-5-13-14/h2,5,7,11-12H,3-4,6,8-10H2,1H3. The predicted octanol–water partition coefficient (Wildman–Crippen LogP) is -0.103. The minimum absolute atomic E-state index is 0.415. The zero-order chi connectivity index (χ0) is 13.0. The zero-order valence-corrected chi connectivity index (χ0v) is 11.4. The monoisotopic (exact) mass is 272 g/mol. The Balaban J connectivity index is 1.68. The van der Waals surface area contributed by atoms with Gasteiger partial charge in [-0.15, -0.1) is 0 Å². The van der Waals surface area contributed by atoms with Crippen molar-refractivity contribution in [3.63, 3.8) is 0 Å². The van der Waals surface area contributed by atoms with Crippen LogP contribution < -0.4 is 5.32 Å². The molecule has 0 aromatic carbocycles. The van der Waals surface area contributed by atoms with Gasteiger partial charge < -0.3 is 5.32 Å². The quantitative estimate of drug-likeness (QED) is 0.812. The average molecular weight is 272 g/mol. The van der Waals surface area contributed by atoms with Crippen molar-refractivity contribution in [3.8, 4) is 0 Å². The Bertz CT molecular complexity index is 449. The van der Waals surface area contributed by atoms with Crippen molar-refractivity contribution < 1.29 is 8.42 Å². The molecule has 0 radical (unpaired) electrons. The summed E-state index contributed by atoms with van der Waals surface area (Å²) in [5, 5.41) is 7.58. The van der Waals surface area contributed by atoms with E-state index in [1.54, 1.807) is 10.5 Å². The lowest BCUT2D eigenvalue weighted by atomic mass is 10.1. The lowest BCUT2D eigenvalue weighted by Gasteiger charge is -2.30. The van der Waals surface area contributed by atoms with Gasteiger partial charge in [-0.25, -0.2) is 12.7 Å². The minimum Gasteiger partial charge on any atom is -0.312 e. The SMILES string of the molecule is CS(=O)(=O)N1CCC(NCCn2cccn2)CC1. The van der Waals surface area contributed by atoms with E-state index in [1.807, 2.05) is 16.9 Å². The van der Waals surface area contributed by atoms with Gasteiger partial charge in [0.15, 0.2) is 0 Å². The van der Waals surface area contributed by atoms with E-state index in [0.29, 0.717) is 19.1 Å². The van der Waals surface area contributed by atoms with E-state index in [-0.39, 0.29) is 0 Å². The summed E-state index contributed by atoms with van der Waals surface area (Å²) in [5.74, 6) is 0. The van der Waals surface area contributed by atoms with Gasteiger partial charge in [-0.2, -0.15) is 5.10 Å². The van der Waals surface area contributed by atoms with Crippen molar-refractivity contribution in [2.75, 3.05) is 25.9 Å². The first-order chi connectivity index (χ1) is 8.55. The molecule has 1 aliphatic heterocycles. The highest BCUT2D eigenvalue weighted by Gasteiger charge is 2.24. The molecule has 1 aromatic rings. The number of hydrogen-bond donors (Lipinski definition) is 1. The van der Waals surface area contributed by atoms with Crippen molar-refractivity contribution in [2.24, 2.45) is 0 Å². The van der Waals surface area contributed by atoms with E-state index >= 15 is 0 Å². The second-order valence-corrected chi connectivity index (χ2v) is 6.64. The molecule has 0 unspecified atom stereocenters. The van der Waals surface area contributed by atoms with Crippen LogP contribution in [0.1, 0.15) is 12.8 Å². The summed E-state index contributed by atoms with van der Waals surface area (Å²) in [6, 6.07) is 2.32. The van der Waals surface area contributed by atoms with Crippen LogP contribution in [0.2, 0.25) is 0 Å². The van der Waals surface area contributed by atoms with E-state index in [0.717, 1.165) is 25.9 Å². The normalized spacial score (nSPS) is 19.2. The van der Waals surface area contributed by atoms with Crippen LogP contribution in [0.4, 0.5) is 0 Å². The highest BCUT2D eigenvalue weighted by atomic mass is 32.2. The van der Waals surface area contributed by atoms with Crippen molar-refractivity contribution in [3.05, 3.63) is 18.5 Å². The van der Waals surface area contributed by atoms with E-state index in [9.17, 15) is 8.42 Å². The second kappa shape index (κ2) is 5.81. The first-order valence-electron chi connectivity index (χ1n) is 6.21. The Morgan fingerprint density at radius 1 is 1.39 bits per heavy atom. The van der Waals surface area contributed by atoms with Crippen LogP contribution in [0.5, 0.6) is 0 Å². The molecule has 2 heterocycles. The summed E-state index contributed by atoms with van der Waals surface area (Å²) >= 11 is 0. The van der Waals surface area contributed by atoms with Crippen molar-refractivity contribution in [2.45, 2.75) is 25.4 Å². The molecule has 0 saturated carbocycles. The van der Waals surface area contributed by atoms with E-state index in [2.05, 4.69) is 10.4 Å². The minimum atomic E-state index is -3.01. The molecule has 7 heteroatoms. The smallest absolute Gasteiger partial charge is 0.211 e. The van der Waals surface area contributed by atoms with Gasteiger partial charge in [0, 0.05) is 38.1 Å². The van der Waals surface area contributed by atoms with Crippen LogP contribution in [0.15, 0.2) is 18.5 Å². The third kappa shape index (κ3) is 3.79. The van der Waals surface area contributed by atoms with Gasteiger partial charge in [0.05, 0.1) is 12.8 Å². The van der Waals surface area contributed by atoms with Crippen molar-refractivity contribution in [1.82, 2.24) is 19.4 Å². The zero-order valence-electron chi connectivity index (χ0n) is 10.6. The van der Waals surface area contributed by atoms with Gasteiger partial charge in [0.25, 0.3) is 0 Å². The molecule has 1 aromatic heterocycles. The molecular formula is C11H20N4O2S. The number of nitrogens with zero attached hydrogens (tertiary/aromatic N) is 3. The Labute approximate surface area is 108 Å². The fourth-order valence-electron chi connectivity index (χ4n) is 2.21. The highest BCUT2D eigenvalue weighted by Crippen LogP contribution is 2.12. The number of aromatic nitrogens is 2. The van der Waals surface area contributed by atoms with Crippen LogP contribution in [0.25, 0.3) is 0 Å². The molecule has 0 aliphatic carbocycles. The van der Waals surface area contributed by atoms with E-state index in [1.165, 1.54) is 6.26 Å². The fraction of sp³-hybridized carbons (Fsp3) is 0.727. The lowest BCUT2D eigenvalue weighted by Crippen LogP contribution is -2.45. The molecule has 6 nitrogen and oxygen atoms in total. The van der Waals surface area contributed by atoms with Crippen LogP contribution in [-0.4, -0.2) is 54.4 Å². The largest absolute Gasteiger partial charge is 0.312 e. The van der Waals surface area contributed by atoms with Gasteiger partial charge in [0.2, 0.25) is 10.0 Å². The topological polar surface area (TPSA) is 67.2 Å². The summed E-state index contributed by atoms with van der Waals surface area (Å²) in [5.41, 5.74) is 0. The summed E-state index contributed by atoms with van der Waals surface area (Å²) in [4.78, 5) is 0. The number of hydrogen-bond acceptors (Lipinski definition) is 4. The van der Waals surface area contributed by atoms with Crippen LogP contribution in [-0.2, 0) is 16.6 Å². The third-order valence-corrected chi connectivity index (χ3v) is 4.56. The molecule has 0 spiro atoms. The maximum atomic E-state index is 11.4. The molecule has 1 aliphatic rings. The fourth-order valence-corrected chi connectivity index (χ4v) is 3.08. The molecule has 2 rings (SSSR count). The predicted molar refractivity (Wildman–Crippen MR) is 69.7 cm³/mol. The third-order valence-electron chi connectivity index (χ3n) is 3.26.